The number of thioether (sulfide) groups is 1. The van der Waals surface area contributed by atoms with Gasteiger partial charge in [-0.05, 0) is 67.9 Å². The minimum atomic E-state index is -4.89. The Bertz CT molecular complexity index is 1570. The van der Waals surface area contributed by atoms with Crippen LogP contribution < -0.4 is 20.3 Å². The number of thiazole rings is 1. The van der Waals surface area contributed by atoms with E-state index < -0.39 is 35.4 Å². The third-order valence-corrected chi connectivity index (χ3v) is 11.5. The lowest BCUT2D eigenvalue weighted by Crippen LogP contribution is -2.61. The lowest BCUT2D eigenvalue weighted by molar-refractivity contribution is -0.140. The summed E-state index contributed by atoms with van der Waals surface area (Å²) in [5.74, 6) is -0.317. The molecule has 4 fully saturated rings. The van der Waals surface area contributed by atoms with Gasteiger partial charge in [0.05, 0.1) is 28.8 Å². The van der Waals surface area contributed by atoms with Gasteiger partial charge in [0.1, 0.15) is 17.1 Å². The predicted molar refractivity (Wildman–Crippen MR) is 154 cm³/mol. The van der Waals surface area contributed by atoms with Gasteiger partial charge in [0.15, 0.2) is 5.13 Å². The highest BCUT2D eigenvalue weighted by Crippen LogP contribution is 2.50. The fourth-order valence-electron chi connectivity index (χ4n) is 7.25. The topological polar surface area (TPSA) is 83.6 Å². The quantitative estimate of drug-likeness (QED) is 0.332. The van der Waals surface area contributed by atoms with E-state index in [4.69, 9.17) is 9.72 Å². The number of nitrogens with one attached hydrogen (secondary N) is 2. The molecule has 4 bridgehead atoms. The largest absolute Gasteiger partial charge is 0.496 e. The molecule has 1 aromatic heterocycles. The van der Waals surface area contributed by atoms with E-state index in [1.54, 1.807) is 6.07 Å². The zero-order chi connectivity index (χ0) is 29.3. The minimum Gasteiger partial charge on any atom is -0.496 e. The van der Waals surface area contributed by atoms with E-state index >= 15 is 0 Å². The third-order valence-electron chi connectivity index (χ3n) is 9.18. The number of carbonyl (C=O) groups excluding carboxylic acids is 2. The summed E-state index contributed by atoms with van der Waals surface area (Å²) in [6.07, 6.45) is -1.36. The van der Waals surface area contributed by atoms with Crippen molar-refractivity contribution in [2.45, 2.75) is 50.0 Å². The summed E-state index contributed by atoms with van der Waals surface area (Å²) in [5.41, 5.74) is -0.506. The number of ether oxygens (including phenoxy) is 1. The summed E-state index contributed by atoms with van der Waals surface area (Å²) in [5, 5.41) is 6.55. The van der Waals surface area contributed by atoms with Crippen molar-refractivity contribution < 1.29 is 31.9 Å². The normalized spacial score (nSPS) is 28.1. The van der Waals surface area contributed by atoms with Gasteiger partial charge in [-0.15, -0.1) is 0 Å². The Kier molecular flexibility index (Phi) is 6.80. The van der Waals surface area contributed by atoms with E-state index in [0.29, 0.717) is 41.0 Å². The summed E-state index contributed by atoms with van der Waals surface area (Å²) < 4.78 is 59.8. The summed E-state index contributed by atoms with van der Waals surface area (Å²) in [6, 6.07) is 6.39. The van der Waals surface area contributed by atoms with Gasteiger partial charge >= 0.3 is 6.18 Å². The van der Waals surface area contributed by atoms with Crippen LogP contribution in [0.4, 0.5) is 28.4 Å². The van der Waals surface area contributed by atoms with E-state index in [9.17, 15) is 27.2 Å². The molecular formula is C29H28F4N4O3S2. The van der Waals surface area contributed by atoms with Crippen LogP contribution in [0.2, 0.25) is 0 Å². The zero-order valence-electron chi connectivity index (χ0n) is 22.5. The number of methoxy groups -OCH3 is 1. The number of rotatable bonds is 6. The fraction of sp³-hybridized carbons (Fsp3) is 0.483. The maximum atomic E-state index is 13.9. The van der Waals surface area contributed by atoms with Crippen molar-refractivity contribution in [2.75, 3.05) is 28.8 Å². The molecule has 4 aliphatic rings. The van der Waals surface area contributed by atoms with Crippen molar-refractivity contribution in [3.8, 4) is 5.75 Å². The number of halogens is 4. The Morgan fingerprint density at radius 3 is 2.55 bits per heavy atom. The second-order valence-corrected chi connectivity index (χ2v) is 13.6. The monoisotopic (exact) mass is 620 g/mol. The first kappa shape index (κ1) is 27.8. The number of hydrogen-bond donors (Lipinski definition) is 2. The van der Waals surface area contributed by atoms with Crippen molar-refractivity contribution >= 4 is 55.9 Å². The molecule has 0 spiro atoms. The molecule has 3 aromatic rings. The minimum absolute atomic E-state index is 0.0146. The van der Waals surface area contributed by atoms with E-state index in [-0.39, 0.29) is 23.4 Å². The molecule has 7 rings (SSSR count). The lowest BCUT2D eigenvalue weighted by Gasteiger charge is -2.52. The number of anilines is 2. The molecule has 2 amide bonds. The number of hydrogen-bond acceptors (Lipinski definition) is 7. The van der Waals surface area contributed by atoms with Gasteiger partial charge in [-0.25, -0.2) is 9.37 Å². The van der Waals surface area contributed by atoms with Crippen LogP contribution in [0.25, 0.3) is 10.2 Å². The average molecular weight is 621 g/mol. The smallest absolute Gasteiger partial charge is 0.419 e. The molecule has 2 N–H and O–H groups in total. The molecule has 2 saturated heterocycles. The molecule has 6 atom stereocenters. The van der Waals surface area contributed by atoms with Crippen LogP contribution in [-0.2, 0) is 11.0 Å². The second-order valence-electron chi connectivity index (χ2n) is 11.5. The number of nitrogens with zero attached hydrogens (tertiary/aromatic N) is 2. The predicted octanol–water partition coefficient (Wildman–Crippen LogP) is 5.94. The Morgan fingerprint density at radius 2 is 1.83 bits per heavy atom. The summed E-state index contributed by atoms with van der Waals surface area (Å²) in [7, 11) is 1.50. The Balaban J connectivity index is 1.15. The zero-order valence-corrected chi connectivity index (χ0v) is 24.2. The molecule has 2 aromatic carbocycles. The Hall–Kier alpha value is -3.06. The van der Waals surface area contributed by atoms with Crippen LogP contribution in [0.1, 0.15) is 41.6 Å². The van der Waals surface area contributed by atoms with Crippen molar-refractivity contribution in [3.63, 3.8) is 0 Å². The van der Waals surface area contributed by atoms with E-state index in [0.717, 1.165) is 53.1 Å². The van der Waals surface area contributed by atoms with Crippen molar-refractivity contribution in [1.82, 2.24) is 10.3 Å². The number of alkyl halides is 3. The first-order valence-corrected chi connectivity index (χ1v) is 15.9. The number of benzene rings is 2. The molecule has 42 heavy (non-hydrogen) atoms. The number of amides is 2. The Labute approximate surface area is 247 Å². The molecule has 2 unspecified atom stereocenters. The lowest BCUT2D eigenvalue weighted by atomic mass is 9.83. The van der Waals surface area contributed by atoms with Crippen LogP contribution in [0.5, 0.6) is 5.75 Å². The number of carbonyl (C=O) groups is 2. The van der Waals surface area contributed by atoms with Gasteiger partial charge in [0.25, 0.3) is 5.91 Å². The highest BCUT2D eigenvalue weighted by Gasteiger charge is 2.52. The van der Waals surface area contributed by atoms with Gasteiger partial charge in [0, 0.05) is 35.3 Å². The first-order valence-electron chi connectivity index (χ1n) is 13.9. The first-order chi connectivity index (χ1) is 20.1. The van der Waals surface area contributed by atoms with E-state index in [1.165, 1.54) is 18.4 Å². The molecule has 2 aliphatic carbocycles. The van der Waals surface area contributed by atoms with Gasteiger partial charge in [-0.2, -0.15) is 24.9 Å². The third kappa shape index (κ3) is 4.59. The second kappa shape index (κ2) is 10.3. The van der Waals surface area contributed by atoms with Crippen LogP contribution in [0.15, 0.2) is 30.3 Å². The molecule has 2 aliphatic heterocycles. The fourth-order valence-corrected chi connectivity index (χ4v) is 9.77. The van der Waals surface area contributed by atoms with Gasteiger partial charge in [0.2, 0.25) is 5.91 Å². The highest BCUT2D eigenvalue weighted by molar-refractivity contribution is 7.99. The summed E-state index contributed by atoms with van der Waals surface area (Å²) in [4.78, 5) is 34.6. The highest BCUT2D eigenvalue weighted by atomic mass is 32.2. The van der Waals surface area contributed by atoms with Gasteiger partial charge < -0.3 is 20.3 Å². The molecule has 3 heterocycles. The van der Waals surface area contributed by atoms with Gasteiger partial charge in [-0.3, -0.25) is 9.59 Å². The van der Waals surface area contributed by atoms with Crippen molar-refractivity contribution in [3.05, 3.63) is 47.3 Å². The summed E-state index contributed by atoms with van der Waals surface area (Å²) in [6.45, 7) is 0. The molecule has 0 radical (unpaired) electrons. The van der Waals surface area contributed by atoms with Crippen LogP contribution in [-0.4, -0.2) is 53.5 Å². The molecule has 13 heteroatoms. The summed E-state index contributed by atoms with van der Waals surface area (Å²) >= 11 is 3.42. The van der Waals surface area contributed by atoms with E-state index in [2.05, 4.69) is 15.5 Å². The molecule has 222 valence electrons. The molecular weight excluding hydrogens is 592 g/mol. The maximum Gasteiger partial charge on any atom is 0.419 e. The Morgan fingerprint density at radius 1 is 1.07 bits per heavy atom. The molecule has 7 nitrogen and oxygen atoms in total. The standard InChI is InChI=1S/C29H28F4N4O3S2/c1-40-21-7-6-20-25(42-28(35-20)37-16-10-17(37)12-41-11-16)23(21)27(39)36-24-14-3-2-13(8-14)22(24)26(38)34-15-4-5-19(30)18(9-15)29(31,32)33/h4-7,9,13-14,16-17,22,24H,2-3,8,10-12H2,1H3,(H,34,38)(H,36,39)/t13-,14+,16?,17?,22+,24-/m1/s1. The van der Waals surface area contributed by atoms with Crippen LogP contribution in [0.3, 0.4) is 0 Å². The van der Waals surface area contributed by atoms with Crippen LogP contribution in [0, 0.1) is 23.6 Å². The van der Waals surface area contributed by atoms with Gasteiger partial charge in [-0.1, -0.05) is 11.3 Å². The van der Waals surface area contributed by atoms with E-state index in [1.807, 2.05) is 17.8 Å². The number of fused-ring (bicyclic) bond motifs is 5. The van der Waals surface area contributed by atoms with Crippen molar-refractivity contribution in [2.24, 2.45) is 17.8 Å². The number of aromatic nitrogens is 1. The molecule has 2 saturated carbocycles. The SMILES string of the molecule is COc1ccc2nc(N3C4CSCC3C4)sc2c1C(=O)N[C@@H]1[C@H]2CC[C@H](C2)[C@@H]1C(=O)Nc1ccc(F)c(C(F)(F)F)c1. The average Bonchev–Trinajstić information content (AvgIpc) is 3.68. The van der Waals surface area contributed by atoms with Crippen molar-refractivity contribution in [1.29, 1.82) is 0 Å². The maximum absolute atomic E-state index is 13.9. The van der Waals surface area contributed by atoms with Crippen LogP contribution >= 0.6 is 23.1 Å².